The van der Waals surface area contributed by atoms with E-state index < -0.39 is 0 Å². The van der Waals surface area contributed by atoms with Crippen molar-refractivity contribution in [3.05, 3.63) is 71.4 Å². The summed E-state index contributed by atoms with van der Waals surface area (Å²) in [5.74, 6) is 0.602. The summed E-state index contributed by atoms with van der Waals surface area (Å²) in [6.45, 7) is 4.54. The largest absolute Gasteiger partial charge is 0.497 e. The molecule has 2 aliphatic heterocycles. The number of rotatable bonds is 6. The van der Waals surface area contributed by atoms with Gasteiger partial charge < -0.3 is 14.4 Å². The second-order valence-corrected chi connectivity index (χ2v) is 9.08. The van der Waals surface area contributed by atoms with Gasteiger partial charge in [0.25, 0.3) is 5.91 Å². The number of benzene rings is 2. The molecule has 0 bridgehead atoms. The third-order valence-corrected chi connectivity index (χ3v) is 6.54. The lowest BCUT2D eigenvalue weighted by Gasteiger charge is -2.29. The van der Waals surface area contributed by atoms with E-state index in [1.165, 1.54) is 11.8 Å². The lowest BCUT2D eigenvalue weighted by atomic mass is 10.1. The Labute approximate surface area is 198 Å². The molecular formula is C25H27N3O4S. The summed E-state index contributed by atoms with van der Waals surface area (Å²) in [5, 5.41) is 0.172. The van der Waals surface area contributed by atoms with Gasteiger partial charge in [0.05, 0.1) is 32.1 Å². The predicted octanol–water partition coefficient (Wildman–Crippen LogP) is 3.42. The number of amidine groups is 1. The second kappa shape index (κ2) is 10.7. The van der Waals surface area contributed by atoms with Crippen molar-refractivity contribution in [3.63, 3.8) is 0 Å². The smallest absolute Gasteiger partial charge is 0.278 e. The highest BCUT2D eigenvalue weighted by atomic mass is 32.2. The molecule has 0 aromatic heterocycles. The van der Waals surface area contributed by atoms with E-state index in [1.54, 1.807) is 18.1 Å². The van der Waals surface area contributed by atoms with Crippen molar-refractivity contribution >= 4 is 34.8 Å². The summed E-state index contributed by atoms with van der Waals surface area (Å²) in [4.78, 5) is 34.3. The van der Waals surface area contributed by atoms with Gasteiger partial charge in [0.2, 0.25) is 5.91 Å². The molecule has 0 radical (unpaired) electrons. The van der Waals surface area contributed by atoms with Crippen molar-refractivity contribution in [2.24, 2.45) is 4.99 Å². The van der Waals surface area contributed by atoms with Crippen molar-refractivity contribution in [3.8, 4) is 5.75 Å². The molecule has 1 fully saturated rings. The maximum atomic E-state index is 13.3. The van der Waals surface area contributed by atoms with E-state index in [0.29, 0.717) is 43.7 Å². The van der Waals surface area contributed by atoms with Crippen LogP contribution in [0.1, 0.15) is 18.1 Å². The molecule has 2 aromatic rings. The fourth-order valence-corrected chi connectivity index (χ4v) is 4.63. The first-order valence-corrected chi connectivity index (χ1v) is 11.8. The summed E-state index contributed by atoms with van der Waals surface area (Å²) >= 11 is 1.32. The molecule has 7 nitrogen and oxygen atoms in total. The lowest BCUT2D eigenvalue weighted by molar-refractivity contribution is -0.134. The van der Waals surface area contributed by atoms with Crippen LogP contribution in [-0.2, 0) is 20.9 Å². The third kappa shape index (κ3) is 5.64. The third-order valence-electron chi connectivity index (χ3n) is 5.47. The Bertz CT molecular complexity index is 1050. The van der Waals surface area contributed by atoms with Gasteiger partial charge in [0, 0.05) is 13.1 Å². The van der Waals surface area contributed by atoms with Gasteiger partial charge in [0.15, 0.2) is 5.17 Å². The molecule has 0 spiro atoms. The molecule has 0 N–H and O–H groups in total. The van der Waals surface area contributed by atoms with Crippen LogP contribution in [0.4, 0.5) is 0 Å². The van der Waals surface area contributed by atoms with Crippen LogP contribution >= 0.6 is 11.8 Å². The van der Waals surface area contributed by atoms with E-state index in [0.717, 1.165) is 16.9 Å². The number of nitrogens with zero attached hydrogens (tertiary/aromatic N) is 3. The minimum Gasteiger partial charge on any atom is -0.497 e. The van der Waals surface area contributed by atoms with Crippen LogP contribution in [0.3, 0.4) is 0 Å². The molecule has 2 aromatic carbocycles. The molecule has 172 valence electrons. The topological polar surface area (TPSA) is 71.4 Å². The van der Waals surface area contributed by atoms with Gasteiger partial charge in [-0.05, 0) is 36.3 Å². The molecule has 33 heavy (non-hydrogen) atoms. The number of morpholine rings is 1. The van der Waals surface area contributed by atoms with Crippen LogP contribution in [0.25, 0.3) is 6.08 Å². The standard InChI is InChI=1S/C25H27N3O4S/c1-18(23(29)27-12-14-32-15-13-27)33-25-26-22(16-19-8-10-21(31-2)11-9-19)24(30)28(25)17-20-6-4-3-5-7-20/h3-11,16,18H,12-15,17H2,1-2H3/b22-16-. The fourth-order valence-electron chi connectivity index (χ4n) is 3.63. The quantitative estimate of drug-likeness (QED) is 0.612. The molecular weight excluding hydrogens is 438 g/mol. The zero-order valence-electron chi connectivity index (χ0n) is 18.8. The van der Waals surface area contributed by atoms with E-state index in [1.807, 2.05) is 66.4 Å². The summed E-state index contributed by atoms with van der Waals surface area (Å²) in [7, 11) is 1.61. The first-order chi connectivity index (χ1) is 16.0. The van der Waals surface area contributed by atoms with Crippen molar-refractivity contribution in [2.75, 3.05) is 33.4 Å². The molecule has 0 aliphatic carbocycles. The van der Waals surface area contributed by atoms with Gasteiger partial charge in [-0.1, -0.05) is 54.2 Å². The average Bonchev–Trinajstić information content (AvgIpc) is 3.14. The molecule has 1 saturated heterocycles. The Morgan fingerprint density at radius 2 is 1.85 bits per heavy atom. The summed E-state index contributed by atoms with van der Waals surface area (Å²) in [5.41, 5.74) is 2.20. The zero-order chi connectivity index (χ0) is 23.2. The minimum absolute atomic E-state index is 0.0331. The van der Waals surface area contributed by atoms with Crippen LogP contribution in [0, 0.1) is 0 Å². The van der Waals surface area contributed by atoms with Crippen molar-refractivity contribution in [1.29, 1.82) is 0 Å². The number of hydrogen-bond acceptors (Lipinski definition) is 6. The Balaban J connectivity index is 1.57. The number of methoxy groups -OCH3 is 1. The lowest BCUT2D eigenvalue weighted by Crippen LogP contribution is -2.44. The number of aliphatic imine (C=N–C) groups is 1. The Kier molecular flexibility index (Phi) is 7.47. The van der Waals surface area contributed by atoms with E-state index >= 15 is 0 Å². The van der Waals surface area contributed by atoms with Gasteiger partial charge in [-0.2, -0.15) is 0 Å². The summed E-state index contributed by atoms with van der Waals surface area (Å²) < 4.78 is 10.6. The zero-order valence-corrected chi connectivity index (χ0v) is 19.6. The molecule has 1 unspecified atom stereocenters. The Hall–Kier alpha value is -3.10. The highest BCUT2D eigenvalue weighted by Crippen LogP contribution is 2.29. The maximum Gasteiger partial charge on any atom is 0.278 e. The summed E-state index contributed by atoms with van der Waals surface area (Å²) in [6.07, 6.45) is 1.77. The molecule has 2 heterocycles. The summed E-state index contributed by atoms with van der Waals surface area (Å²) in [6, 6.07) is 17.2. The molecule has 8 heteroatoms. The van der Waals surface area contributed by atoms with E-state index in [-0.39, 0.29) is 17.1 Å². The van der Waals surface area contributed by atoms with E-state index in [2.05, 4.69) is 4.99 Å². The normalized spacial score (nSPS) is 18.4. The molecule has 0 saturated carbocycles. The van der Waals surface area contributed by atoms with Crippen molar-refractivity contribution in [2.45, 2.75) is 18.7 Å². The van der Waals surface area contributed by atoms with Crippen LogP contribution in [-0.4, -0.2) is 65.4 Å². The van der Waals surface area contributed by atoms with Crippen LogP contribution in [0.15, 0.2) is 65.3 Å². The monoisotopic (exact) mass is 465 g/mol. The number of thioether (sulfide) groups is 1. The van der Waals surface area contributed by atoms with Crippen LogP contribution in [0.2, 0.25) is 0 Å². The fraction of sp³-hybridized carbons (Fsp3) is 0.320. The van der Waals surface area contributed by atoms with Gasteiger partial charge >= 0.3 is 0 Å². The van der Waals surface area contributed by atoms with E-state index in [4.69, 9.17) is 9.47 Å². The van der Waals surface area contributed by atoms with Crippen LogP contribution < -0.4 is 4.74 Å². The molecule has 4 rings (SSSR count). The van der Waals surface area contributed by atoms with Crippen molar-refractivity contribution in [1.82, 2.24) is 9.80 Å². The highest BCUT2D eigenvalue weighted by Gasteiger charge is 2.34. The SMILES string of the molecule is COc1ccc(/C=C2\N=C(SC(C)C(=O)N3CCOCC3)N(Cc3ccccc3)C2=O)cc1. The van der Waals surface area contributed by atoms with Gasteiger partial charge in [-0.25, -0.2) is 4.99 Å². The average molecular weight is 466 g/mol. The Morgan fingerprint density at radius 3 is 2.52 bits per heavy atom. The Morgan fingerprint density at radius 1 is 1.15 bits per heavy atom. The van der Waals surface area contributed by atoms with Crippen molar-refractivity contribution < 1.29 is 19.1 Å². The van der Waals surface area contributed by atoms with E-state index in [9.17, 15) is 9.59 Å². The minimum atomic E-state index is -0.367. The number of ether oxygens (including phenoxy) is 2. The second-order valence-electron chi connectivity index (χ2n) is 7.77. The van der Waals surface area contributed by atoms with Gasteiger partial charge in [-0.15, -0.1) is 0 Å². The molecule has 2 amide bonds. The predicted molar refractivity (Wildman–Crippen MR) is 130 cm³/mol. The highest BCUT2D eigenvalue weighted by molar-refractivity contribution is 8.14. The molecule has 2 aliphatic rings. The van der Waals surface area contributed by atoms with Gasteiger partial charge in [-0.3, -0.25) is 14.5 Å². The maximum absolute atomic E-state index is 13.3. The first kappa shape index (κ1) is 23.1. The number of carbonyl (C=O) groups excluding carboxylic acids is 2. The number of carbonyl (C=O) groups is 2. The number of hydrogen-bond donors (Lipinski definition) is 0. The van der Waals surface area contributed by atoms with Crippen LogP contribution in [0.5, 0.6) is 5.75 Å². The molecule has 1 atom stereocenters. The van der Waals surface area contributed by atoms with Gasteiger partial charge in [0.1, 0.15) is 11.4 Å². The number of amides is 2. The first-order valence-electron chi connectivity index (χ1n) is 10.9.